The Bertz CT molecular complexity index is 551. The number of ether oxygens (including phenoxy) is 1. The molecule has 5 nitrogen and oxygen atoms in total. The summed E-state index contributed by atoms with van der Waals surface area (Å²) in [6.07, 6.45) is 3.98. The van der Waals surface area contributed by atoms with E-state index in [-0.39, 0.29) is 11.9 Å². The van der Waals surface area contributed by atoms with Crippen LogP contribution in [0.4, 0.5) is 0 Å². The van der Waals surface area contributed by atoms with Crippen LogP contribution in [0, 0.1) is 5.92 Å². The first kappa shape index (κ1) is 19.4. The van der Waals surface area contributed by atoms with E-state index in [0.29, 0.717) is 24.4 Å². The quantitative estimate of drug-likeness (QED) is 0.561. The monoisotopic (exact) mass is 346 g/mol. The van der Waals surface area contributed by atoms with Crippen molar-refractivity contribution >= 4 is 11.9 Å². The van der Waals surface area contributed by atoms with Gasteiger partial charge in [0.1, 0.15) is 5.60 Å². The lowest BCUT2D eigenvalue weighted by Gasteiger charge is -2.36. The van der Waals surface area contributed by atoms with E-state index in [9.17, 15) is 9.59 Å². The van der Waals surface area contributed by atoms with E-state index in [1.165, 1.54) is 0 Å². The lowest BCUT2D eigenvalue weighted by Crippen LogP contribution is -2.42. The van der Waals surface area contributed by atoms with Gasteiger partial charge in [-0.05, 0) is 64.8 Å². The van der Waals surface area contributed by atoms with Crippen molar-refractivity contribution in [3.8, 4) is 0 Å². The maximum atomic E-state index is 12.1. The summed E-state index contributed by atoms with van der Waals surface area (Å²) in [5.41, 5.74) is 0.256. The average molecular weight is 346 g/mol. The van der Waals surface area contributed by atoms with E-state index in [1.54, 1.807) is 12.1 Å². The largest absolute Gasteiger partial charge is 0.459 e. The van der Waals surface area contributed by atoms with Crippen molar-refractivity contribution in [2.45, 2.75) is 51.6 Å². The number of rotatable bonds is 8. The van der Waals surface area contributed by atoms with E-state index < -0.39 is 5.60 Å². The minimum atomic E-state index is -0.402. The summed E-state index contributed by atoms with van der Waals surface area (Å²) in [6, 6.07) is 9.14. The zero-order chi connectivity index (χ0) is 18.1. The third-order valence-corrected chi connectivity index (χ3v) is 4.83. The van der Waals surface area contributed by atoms with Crippen LogP contribution in [0.5, 0.6) is 0 Å². The Morgan fingerprint density at radius 2 is 1.84 bits per heavy atom. The maximum Gasteiger partial charge on any atom is 0.306 e. The fraction of sp³-hybridized carbons (Fsp3) is 0.600. The topological polar surface area (TPSA) is 67.4 Å². The van der Waals surface area contributed by atoms with Gasteiger partial charge in [0.05, 0.1) is 0 Å². The number of benzene rings is 1. The molecule has 0 bridgehead atoms. The molecule has 25 heavy (non-hydrogen) atoms. The van der Waals surface area contributed by atoms with E-state index in [0.717, 1.165) is 38.8 Å². The highest BCUT2D eigenvalue weighted by molar-refractivity contribution is 5.94. The van der Waals surface area contributed by atoms with Gasteiger partial charge in [-0.25, -0.2) is 0 Å². The van der Waals surface area contributed by atoms with Gasteiger partial charge in [0, 0.05) is 24.4 Å². The molecule has 0 atom stereocenters. The average Bonchev–Trinajstić information content (AvgIpc) is 2.62. The second-order valence-electron chi connectivity index (χ2n) is 7.18. The van der Waals surface area contributed by atoms with Gasteiger partial charge < -0.3 is 15.4 Å². The Hall–Kier alpha value is -1.88. The molecule has 1 saturated heterocycles. The fourth-order valence-electron chi connectivity index (χ4n) is 3.23. The van der Waals surface area contributed by atoms with E-state index in [4.69, 9.17) is 4.74 Å². The van der Waals surface area contributed by atoms with E-state index in [2.05, 4.69) is 10.6 Å². The van der Waals surface area contributed by atoms with Gasteiger partial charge in [-0.1, -0.05) is 18.2 Å². The van der Waals surface area contributed by atoms with Crippen molar-refractivity contribution in [2.24, 2.45) is 5.92 Å². The van der Waals surface area contributed by atoms with Crippen LogP contribution in [-0.2, 0) is 9.53 Å². The number of nitrogens with one attached hydrogen (secondary N) is 2. The van der Waals surface area contributed by atoms with Crippen LogP contribution < -0.4 is 10.6 Å². The Kier molecular flexibility index (Phi) is 7.44. The van der Waals surface area contributed by atoms with Crippen LogP contribution in [0.25, 0.3) is 0 Å². The first-order valence-electron chi connectivity index (χ1n) is 9.25. The molecule has 138 valence electrons. The molecular weight excluding hydrogens is 316 g/mol. The molecule has 0 radical (unpaired) electrons. The number of hydrogen-bond donors (Lipinski definition) is 2. The third-order valence-electron chi connectivity index (χ3n) is 4.83. The maximum absolute atomic E-state index is 12.1. The zero-order valence-corrected chi connectivity index (χ0v) is 15.3. The molecule has 2 rings (SSSR count). The van der Waals surface area contributed by atoms with E-state index in [1.807, 2.05) is 32.0 Å². The minimum absolute atomic E-state index is 0.0739. The third kappa shape index (κ3) is 6.50. The summed E-state index contributed by atoms with van der Waals surface area (Å²) >= 11 is 0. The number of esters is 1. The molecule has 2 N–H and O–H groups in total. The number of amides is 1. The number of unbranched alkanes of at least 4 members (excludes halogenated alkanes) is 1. The lowest BCUT2D eigenvalue weighted by atomic mass is 9.83. The summed E-state index contributed by atoms with van der Waals surface area (Å²) in [5, 5.41) is 6.21. The smallest absolute Gasteiger partial charge is 0.306 e. The van der Waals surface area contributed by atoms with Crippen LogP contribution >= 0.6 is 0 Å². The molecule has 1 heterocycles. The van der Waals surface area contributed by atoms with Gasteiger partial charge in [-0.15, -0.1) is 0 Å². The van der Waals surface area contributed by atoms with Crippen molar-refractivity contribution in [1.82, 2.24) is 10.6 Å². The van der Waals surface area contributed by atoms with Crippen LogP contribution in [0.2, 0.25) is 0 Å². The molecule has 1 fully saturated rings. The molecular formula is C20H30N2O3. The van der Waals surface area contributed by atoms with Crippen molar-refractivity contribution in [2.75, 3.05) is 19.6 Å². The van der Waals surface area contributed by atoms with Crippen LogP contribution in [0.1, 0.15) is 56.3 Å². The summed E-state index contributed by atoms with van der Waals surface area (Å²) in [4.78, 5) is 24.0. The van der Waals surface area contributed by atoms with Gasteiger partial charge in [0.2, 0.25) is 0 Å². The minimum Gasteiger partial charge on any atom is -0.459 e. The van der Waals surface area contributed by atoms with Crippen molar-refractivity contribution in [3.05, 3.63) is 35.9 Å². The molecule has 1 aliphatic rings. The molecule has 1 aromatic rings. The Morgan fingerprint density at radius 3 is 2.52 bits per heavy atom. The predicted octanol–water partition coefficient (Wildman–Crippen LogP) is 2.91. The number of piperidine rings is 1. The molecule has 0 aromatic heterocycles. The normalized spacial score (nSPS) is 15.6. The summed E-state index contributed by atoms with van der Waals surface area (Å²) in [5.74, 6) is 0.205. The Balaban J connectivity index is 1.61. The van der Waals surface area contributed by atoms with E-state index >= 15 is 0 Å². The van der Waals surface area contributed by atoms with Crippen LogP contribution in [-0.4, -0.2) is 37.1 Å². The highest BCUT2D eigenvalue weighted by Crippen LogP contribution is 2.29. The molecule has 0 aliphatic carbocycles. The standard InChI is InChI=1S/C20H30N2O3/c1-20(2,17-11-14-21-15-12-17)25-18(23)10-6-7-13-22-19(24)16-8-4-3-5-9-16/h3-5,8-9,17,21H,6-7,10-15H2,1-2H3,(H,22,24). The van der Waals surface area contributed by atoms with Crippen LogP contribution in [0.15, 0.2) is 30.3 Å². The van der Waals surface area contributed by atoms with Gasteiger partial charge in [-0.3, -0.25) is 9.59 Å². The first-order chi connectivity index (χ1) is 12.0. The van der Waals surface area contributed by atoms with Crippen molar-refractivity contribution in [1.29, 1.82) is 0 Å². The Labute approximate surface area is 150 Å². The molecule has 1 aromatic carbocycles. The van der Waals surface area contributed by atoms with Crippen molar-refractivity contribution in [3.63, 3.8) is 0 Å². The zero-order valence-electron chi connectivity index (χ0n) is 15.3. The first-order valence-corrected chi connectivity index (χ1v) is 9.25. The predicted molar refractivity (Wildman–Crippen MR) is 98.4 cm³/mol. The van der Waals surface area contributed by atoms with Gasteiger partial charge in [0.25, 0.3) is 5.91 Å². The highest BCUT2D eigenvalue weighted by atomic mass is 16.6. The highest BCUT2D eigenvalue weighted by Gasteiger charge is 2.33. The second-order valence-corrected chi connectivity index (χ2v) is 7.18. The van der Waals surface area contributed by atoms with Gasteiger partial charge in [0.15, 0.2) is 0 Å². The number of carbonyl (C=O) groups is 2. The SMILES string of the molecule is CC(C)(OC(=O)CCCCNC(=O)c1ccccc1)C1CCNCC1. The summed E-state index contributed by atoms with van der Waals surface area (Å²) in [7, 11) is 0. The van der Waals surface area contributed by atoms with Crippen molar-refractivity contribution < 1.29 is 14.3 Å². The number of carbonyl (C=O) groups excluding carboxylic acids is 2. The molecule has 1 aliphatic heterocycles. The second kappa shape index (κ2) is 9.56. The van der Waals surface area contributed by atoms with Gasteiger partial charge >= 0.3 is 5.97 Å². The molecule has 5 heteroatoms. The fourth-order valence-corrected chi connectivity index (χ4v) is 3.23. The van der Waals surface area contributed by atoms with Crippen LogP contribution in [0.3, 0.4) is 0 Å². The molecule has 0 unspecified atom stereocenters. The molecule has 1 amide bonds. The molecule has 0 spiro atoms. The molecule has 0 saturated carbocycles. The lowest BCUT2D eigenvalue weighted by molar-refractivity contribution is -0.162. The summed E-state index contributed by atoms with van der Waals surface area (Å²) in [6.45, 7) is 6.58. The summed E-state index contributed by atoms with van der Waals surface area (Å²) < 4.78 is 5.72. The van der Waals surface area contributed by atoms with Gasteiger partial charge in [-0.2, -0.15) is 0 Å². The number of hydrogen-bond acceptors (Lipinski definition) is 4. The Morgan fingerprint density at radius 1 is 1.16 bits per heavy atom.